The van der Waals surface area contributed by atoms with Crippen LogP contribution in [0.3, 0.4) is 0 Å². The number of carbonyl (C=O) groups excluding carboxylic acids is 1. The maximum Gasteiger partial charge on any atom is 0.334 e. The van der Waals surface area contributed by atoms with Gasteiger partial charge in [0.15, 0.2) is 6.29 Å². The predicted molar refractivity (Wildman–Crippen MR) is 72.6 cm³/mol. The molecule has 0 aromatic rings. The lowest BCUT2D eigenvalue weighted by molar-refractivity contribution is -0.910. The molecule has 1 fully saturated rings. The Kier molecular flexibility index (Phi) is 7.77. The molecule has 0 amide bonds. The van der Waals surface area contributed by atoms with E-state index in [1.54, 1.807) is 7.05 Å². The summed E-state index contributed by atoms with van der Waals surface area (Å²) in [5, 5.41) is 57.9. The van der Waals surface area contributed by atoms with Crippen LogP contribution in [0.4, 0.5) is 0 Å². The molecule has 10 nitrogen and oxygen atoms in total. The van der Waals surface area contributed by atoms with E-state index >= 15 is 0 Å². The fourth-order valence-electron chi connectivity index (χ4n) is 2.31. The lowest BCUT2D eigenvalue weighted by Crippen LogP contribution is -2.64. The van der Waals surface area contributed by atoms with E-state index in [1.165, 1.54) is 0 Å². The first-order valence-corrected chi connectivity index (χ1v) is 7.33. The van der Waals surface area contributed by atoms with Crippen LogP contribution in [-0.4, -0.2) is 113 Å². The maximum atomic E-state index is 11.9. The van der Waals surface area contributed by atoms with Crippen LogP contribution in [0.2, 0.25) is 0 Å². The van der Waals surface area contributed by atoms with Gasteiger partial charge in [-0.15, -0.1) is 0 Å². The van der Waals surface area contributed by atoms with Crippen LogP contribution in [-0.2, 0) is 14.3 Å². The summed E-state index contributed by atoms with van der Waals surface area (Å²) in [6, 6.07) is 0. The molecule has 0 bridgehead atoms. The van der Waals surface area contributed by atoms with Gasteiger partial charge >= 0.3 is 5.97 Å². The Labute approximate surface area is 133 Å². The fourth-order valence-corrected chi connectivity index (χ4v) is 2.31. The van der Waals surface area contributed by atoms with Crippen LogP contribution < -0.4 is 5.11 Å². The maximum absolute atomic E-state index is 11.9. The molecule has 1 unspecified atom stereocenters. The third-order valence-corrected chi connectivity index (χ3v) is 3.95. The zero-order valence-corrected chi connectivity index (χ0v) is 12.9. The van der Waals surface area contributed by atoms with E-state index in [2.05, 4.69) is 0 Å². The lowest BCUT2D eigenvalue weighted by atomic mass is 9.99. The zero-order chi connectivity index (χ0) is 17.6. The third-order valence-electron chi connectivity index (χ3n) is 3.95. The van der Waals surface area contributed by atoms with Gasteiger partial charge in [0.05, 0.1) is 26.4 Å². The summed E-state index contributed by atoms with van der Waals surface area (Å²) in [5.74, 6) is -1.05. The minimum atomic E-state index is -1.98. The van der Waals surface area contributed by atoms with Crippen LogP contribution in [0.1, 0.15) is 0 Å². The van der Waals surface area contributed by atoms with Crippen LogP contribution in [0.5, 0.6) is 0 Å². The van der Waals surface area contributed by atoms with Crippen LogP contribution >= 0.6 is 0 Å². The molecule has 0 radical (unpaired) electrons. The molecule has 5 N–H and O–H groups in total. The smallest absolute Gasteiger partial charge is 0.334 e. The fraction of sp³-hybridized carbons (Fsp3) is 0.923. The Balaban J connectivity index is 2.52. The van der Waals surface area contributed by atoms with Crippen molar-refractivity contribution in [3.63, 3.8) is 0 Å². The molecule has 136 valence electrons. The monoisotopic (exact) mass is 339 g/mol. The number of esters is 1. The van der Waals surface area contributed by atoms with Crippen LogP contribution in [0.25, 0.3) is 0 Å². The highest BCUT2D eigenvalue weighted by molar-refractivity contribution is 5.75. The van der Waals surface area contributed by atoms with Crippen molar-refractivity contribution < 1.29 is 49.4 Å². The number of hydrogen-bond acceptors (Lipinski definition) is 9. The van der Waals surface area contributed by atoms with Gasteiger partial charge in [0, 0.05) is 0 Å². The number of likely N-dealkylation sites (N-methyl/N-ethyl adjacent to an activating group) is 1. The van der Waals surface area contributed by atoms with E-state index in [4.69, 9.17) is 19.7 Å². The second-order valence-corrected chi connectivity index (χ2v) is 5.80. The Bertz CT molecular complexity index is 374. The molecule has 1 heterocycles. The summed E-state index contributed by atoms with van der Waals surface area (Å²) >= 11 is 0. The molecule has 5 atom stereocenters. The van der Waals surface area contributed by atoms with Crippen LogP contribution in [0, 0.1) is 0 Å². The highest BCUT2D eigenvalue weighted by Crippen LogP contribution is 2.19. The Morgan fingerprint density at radius 2 is 1.70 bits per heavy atom. The molecular weight excluding hydrogens is 314 g/mol. The van der Waals surface area contributed by atoms with Crippen molar-refractivity contribution in [3.8, 4) is 0 Å². The summed E-state index contributed by atoms with van der Waals surface area (Å²) in [7, 11) is 1.76. The third kappa shape index (κ3) is 5.33. The Morgan fingerprint density at radius 1 is 1.13 bits per heavy atom. The number of nitrogens with zero attached hydrogens (tertiary/aromatic N) is 1. The molecule has 1 rings (SSSR count). The summed E-state index contributed by atoms with van der Waals surface area (Å²) in [4.78, 5) is 11.9. The number of rotatable bonds is 8. The highest BCUT2D eigenvalue weighted by Gasteiger charge is 2.42. The molecule has 0 aromatic heterocycles. The van der Waals surface area contributed by atoms with Crippen molar-refractivity contribution in [1.29, 1.82) is 0 Å². The number of aliphatic hydroxyl groups is 5. The molecule has 0 spiro atoms. The molecule has 1 saturated heterocycles. The first-order valence-electron chi connectivity index (χ1n) is 7.33. The van der Waals surface area contributed by atoms with Crippen LogP contribution in [0.15, 0.2) is 0 Å². The van der Waals surface area contributed by atoms with E-state index in [0.717, 1.165) is 0 Å². The predicted octanol–water partition coefficient (Wildman–Crippen LogP) is -4.87. The normalized spacial score (nSPS) is 31.9. The van der Waals surface area contributed by atoms with Gasteiger partial charge in [0.1, 0.15) is 38.4 Å². The van der Waals surface area contributed by atoms with Crippen molar-refractivity contribution >= 4 is 5.97 Å². The largest absolute Gasteiger partial charge is 0.848 e. The van der Waals surface area contributed by atoms with Gasteiger partial charge in [-0.2, -0.15) is 0 Å². The van der Waals surface area contributed by atoms with Crippen molar-refractivity contribution in [3.05, 3.63) is 0 Å². The van der Waals surface area contributed by atoms with Crippen molar-refractivity contribution in [2.24, 2.45) is 0 Å². The second kappa shape index (κ2) is 8.85. The highest BCUT2D eigenvalue weighted by atomic mass is 16.7. The topological polar surface area (TPSA) is 160 Å². The number of aliphatic hydroxyl groups excluding tert-OH is 5. The van der Waals surface area contributed by atoms with E-state index in [-0.39, 0.29) is 30.8 Å². The molecule has 0 aromatic carbocycles. The van der Waals surface area contributed by atoms with E-state index in [1.807, 2.05) is 0 Å². The minimum absolute atomic E-state index is 0.101. The molecule has 0 aliphatic carbocycles. The van der Waals surface area contributed by atoms with Crippen molar-refractivity contribution in [2.75, 3.05) is 46.5 Å². The van der Waals surface area contributed by atoms with Gasteiger partial charge in [-0.1, -0.05) is 6.10 Å². The standard InChI is InChI=1S/C13H25NO9/c1-14(2-5-15,3-6-16)4-7-22-13(21)11-9(18)8(17)10(19)12(20)23-11/h8-12,15-17,19-20H,2-7H2,1H3/t8-,9?,10-,11-,12+/m0/s1. The lowest BCUT2D eigenvalue weighted by Gasteiger charge is -2.43. The molecule has 0 saturated carbocycles. The number of carbonyl (C=O) groups is 1. The summed E-state index contributed by atoms with van der Waals surface area (Å²) in [6.45, 7) is 0.690. The number of ether oxygens (including phenoxy) is 2. The molecule has 1 aliphatic heterocycles. The van der Waals surface area contributed by atoms with E-state index in [0.29, 0.717) is 13.1 Å². The first-order chi connectivity index (χ1) is 10.8. The van der Waals surface area contributed by atoms with Gasteiger partial charge in [0.25, 0.3) is 0 Å². The molecule has 23 heavy (non-hydrogen) atoms. The quantitative estimate of drug-likeness (QED) is 0.216. The van der Waals surface area contributed by atoms with Gasteiger partial charge in [0.2, 0.25) is 0 Å². The van der Waals surface area contributed by atoms with Gasteiger partial charge < -0.3 is 44.6 Å². The molecule has 10 heteroatoms. The van der Waals surface area contributed by atoms with Crippen molar-refractivity contribution in [1.82, 2.24) is 0 Å². The van der Waals surface area contributed by atoms with E-state index < -0.39 is 36.7 Å². The molecular formula is C13H25NO9. The average Bonchev–Trinajstić information content (AvgIpc) is 2.49. The Hall–Kier alpha value is -0.850. The second-order valence-electron chi connectivity index (χ2n) is 5.80. The summed E-state index contributed by atoms with van der Waals surface area (Å²) in [6.07, 6.45) is -9.18. The van der Waals surface area contributed by atoms with Crippen molar-refractivity contribution in [2.45, 2.75) is 30.7 Å². The SMILES string of the molecule is C[N+](CCO)(CCO)CCOC(=O)[C@H]1O[C@@H](O)[C@@H](O)[C@@H](O)C1[O-]. The number of quaternary nitrogens is 1. The van der Waals surface area contributed by atoms with Gasteiger partial charge in [-0.3, -0.25) is 0 Å². The van der Waals surface area contributed by atoms with Gasteiger partial charge in [-0.25, -0.2) is 4.79 Å². The molecule has 1 aliphatic rings. The minimum Gasteiger partial charge on any atom is -0.848 e. The zero-order valence-electron chi connectivity index (χ0n) is 12.9. The van der Waals surface area contributed by atoms with Gasteiger partial charge in [-0.05, 0) is 0 Å². The Morgan fingerprint density at radius 3 is 2.22 bits per heavy atom. The first kappa shape index (κ1) is 20.2. The number of hydrogen-bond donors (Lipinski definition) is 5. The summed E-state index contributed by atoms with van der Waals surface area (Å²) in [5.41, 5.74) is 0. The van der Waals surface area contributed by atoms with E-state index in [9.17, 15) is 25.2 Å². The summed E-state index contributed by atoms with van der Waals surface area (Å²) < 4.78 is 9.88. The average molecular weight is 339 g/mol.